The SMILES string of the molecule is CNCc1scc(C)c1S(=O)(=O)NCC(C)(C)CCOC. The van der Waals surface area contributed by atoms with E-state index in [2.05, 4.69) is 10.0 Å². The normalized spacial score (nSPS) is 12.8. The molecule has 0 saturated carbocycles. The van der Waals surface area contributed by atoms with Crippen molar-refractivity contribution in [2.75, 3.05) is 27.3 Å². The fourth-order valence-corrected chi connectivity index (χ4v) is 5.02. The summed E-state index contributed by atoms with van der Waals surface area (Å²) in [5, 5.41) is 4.90. The van der Waals surface area contributed by atoms with Crippen LogP contribution in [0.25, 0.3) is 0 Å². The van der Waals surface area contributed by atoms with E-state index in [1.807, 2.05) is 33.2 Å². The van der Waals surface area contributed by atoms with Gasteiger partial charge in [0.15, 0.2) is 0 Å². The molecule has 0 unspecified atom stereocenters. The van der Waals surface area contributed by atoms with Gasteiger partial charge in [-0.15, -0.1) is 11.3 Å². The van der Waals surface area contributed by atoms with Crippen LogP contribution in [0.4, 0.5) is 0 Å². The van der Waals surface area contributed by atoms with Gasteiger partial charge in [0.25, 0.3) is 0 Å². The van der Waals surface area contributed by atoms with Crippen LogP contribution in [0.15, 0.2) is 10.3 Å². The smallest absolute Gasteiger partial charge is 0.242 e. The quantitative estimate of drug-likeness (QED) is 0.726. The molecule has 2 N–H and O–H groups in total. The minimum Gasteiger partial charge on any atom is -0.385 e. The van der Waals surface area contributed by atoms with Crippen LogP contribution in [-0.4, -0.2) is 35.7 Å². The highest BCUT2D eigenvalue weighted by Gasteiger charge is 2.26. The van der Waals surface area contributed by atoms with Crippen LogP contribution in [-0.2, 0) is 21.3 Å². The first-order chi connectivity index (χ1) is 9.73. The summed E-state index contributed by atoms with van der Waals surface area (Å²) in [6, 6.07) is 0. The molecule has 5 nitrogen and oxygen atoms in total. The zero-order valence-electron chi connectivity index (χ0n) is 13.4. The molecular formula is C14H26N2O3S2. The number of hydrogen-bond donors (Lipinski definition) is 2. The van der Waals surface area contributed by atoms with E-state index in [0.717, 1.165) is 16.9 Å². The van der Waals surface area contributed by atoms with Crippen molar-refractivity contribution in [2.45, 2.75) is 38.6 Å². The van der Waals surface area contributed by atoms with Crippen LogP contribution in [0, 0.1) is 12.3 Å². The average molecular weight is 335 g/mol. The van der Waals surface area contributed by atoms with E-state index in [4.69, 9.17) is 4.74 Å². The summed E-state index contributed by atoms with van der Waals surface area (Å²) in [5.74, 6) is 0. The van der Waals surface area contributed by atoms with Gasteiger partial charge in [0.05, 0.1) is 0 Å². The van der Waals surface area contributed by atoms with Gasteiger partial charge in [0.2, 0.25) is 10.0 Å². The third-order valence-corrected chi connectivity index (χ3v) is 6.18. The Bertz CT molecular complexity index is 551. The summed E-state index contributed by atoms with van der Waals surface area (Å²) in [6.07, 6.45) is 0.804. The monoisotopic (exact) mass is 334 g/mol. The molecule has 0 fully saturated rings. The molecule has 0 aliphatic rings. The first-order valence-electron chi connectivity index (χ1n) is 6.93. The number of ether oxygens (including phenoxy) is 1. The Kier molecular flexibility index (Phi) is 6.80. The van der Waals surface area contributed by atoms with E-state index in [0.29, 0.717) is 24.6 Å². The van der Waals surface area contributed by atoms with Crippen molar-refractivity contribution in [3.63, 3.8) is 0 Å². The Balaban J connectivity index is 2.85. The molecule has 0 radical (unpaired) electrons. The summed E-state index contributed by atoms with van der Waals surface area (Å²) in [7, 11) is -0.0151. The molecule has 21 heavy (non-hydrogen) atoms. The third-order valence-electron chi connectivity index (χ3n) is 3.32. The number of aryl methyl sites for hydroxylation is 1. The molecule has 7 heteroatoms. The molecule has 0 aliphatic carbocycles. The molecule has 1 aromatic rings. The highest BCUT2D eigenvalue weighted by atomic mass is 32.2. The molecule has 0 amide bonds. The van der Waals surface area contributed by atoms with Gasteiger partial charge in [-0.25, -0.2) is 13.1 Å². The molecule has 0 bridgehead atoms. The summed E-state index contributed by atoms with van der Waals surface area (Å²) in [6.45, 7) is 7.47. The maximum absolute atomic E-state index is 12.6. The molecule has 0 aromatic carbocycles. The lowest BCUT2D eigenvalue weighted by Crippen LogP contribution is -2.35. The predicted molar refractivity (Wildman–Crippen MR) is 87.3 cm³/mol. The Morgan fingerprint density at radius 1 is 1.38 bits per heavy atom. The van der Waals surface area contributed by atoms with Crippen molar-refractivity contribution in [3.8, 4) is 0 Å². The molecule has 1 rings (SSSR count). The van der Waals surface area contributed by atoms with Gasteiger partial charge >= 0.3 is 0 Å². The summed E-state index contributed by atoms with van der Waals surface area (Å²) < 4.78 is 32.9. The number of sulfonamides is 1. The number of thiophene rings is 1. The van der Waals surface area contributed by atoms with Crippen LogP contribution in [0.2, 0.25) is 0 Å². The van der Waals surface area contributed by atoms with Crippen LogP contribution < -0.4 is 10.0 Å². The second-order valence-electron chi connectivity index (χ2n) is 5.93. The van der Waals surface area contributed by atoms with Gasteiger partial charge in [-0.1, -0.05) is 13.8 Å². The highest BCUT2D eigenvalue weighted by molar-refractivity contribution is 7.89. The predicted octanol–water partition coefficient (Wildman–Crippen LogP) is 2.12. The van der Waals surface area contributed by atoms with E-state index in [1.54, 1.807) is 7.11 Å². The number of rotatable bonds is 9. The van der Waals surface area contributed by atoms with E-state index < -0.39 is 10.0 Å². The van der Waals surface area contributed by atoms with E-state index in [9.17, 15) is 8.42 Å². The summed E-state index contributed by atoms with van der Waals surface area (Å²) >= 11 is 1.47. The molecule has 1 heterocycles. The lowest BCUT2D eigenvalue weighted by Gasteiger charge is -2.24. The Labute approximate surface area is 132 Å². The van der Waals surface area contributed by atoms with E-state index in [1.165, 1.54) is 11.3 Å². The number of methoxy groups -OCH3 is 1. The molecule has 0 aliphatic heterocycles. The number of hydrogen-bond acceptors (Lipinski definition) is 5. The van der Waals surface area contributed by atoms with Gasteiger partial charge in [-0.3, -0.25) is 0 Å². The van der Waals surface area contributed by atoms with Crippen molar-refractivity contribution in [3.05, 3.63) is 15.8 Å². The van der Waals surface area contributed by atoms with E-state index >= 15 is 0 Å². The number of nitrogens with one attached hydrogen (secondary N) is 2. The van der Waals surface area contributed by atoms with Crippen LogP contribution in [0.5, 0.6) is 0 Å². The van der Waals surface area contributed by atoms with Crippen molar-refractivity contribution >= 4 is 21.4 Å². The summed E-state index contributed by atoms with van der Waals surface area (Å²) in [4.78, 5) is 1.27. The Morgan fingerprint density at radius 3 is 2.62 bits per heavy atom. The second-order valence-corrected chi connectivity index (χ2v) is 8.60. The Hall–Kier alpha value is -0.470. The van der Waals surface area contributed by atoms with Crippen molar-refractivity contribution in [2.24, 2.45) is 5.41 Å². The summed E-state index contributed by atoms with van der Waals surface area (Å²) in [5.41, 5.74) is 0.656. The third kappa shape index (κ3) is 5.34. The first-order valence-corrected chi connectivity index (χ1v) is 9.30. The fourth-order valence-electron chi connectivity index (χ4n) is 1.96. The van der Waals surface area contributed by atoms with E-state index in [-0.39, 0.29) is 5.41 Å². The van der Waals surface area contributed by atoms with Crippen molar-refractivity contribution < 1.29 is 13.2 Å². The van der Waals surface area contributed by atoms with Crippen LogP contribution >= 0.6 is 11.3 Å². The minimum absolute atomic E-state index is 0.143. The topological polar surface area (TPSA) is 67.4 Å². The largest absolute Gasteiger partial charge is 0.385 e. The molecule has 0 atom stereocenters. The Morgan fingerprint density at radius 2 is 2.05 bits per heavy atom. The molecule has 0 spiro atoms. The lowest BCUT2D eigenvalue weighted by molar-refractivity contribution is 0.153. The average Bonchev–Trinajstić information content (AvgIpc) is 2.77. The molecule has 1 aromatic heterocycles. The maximum Gasteiger partial charge on any atom is 0.242 e. The first kappa shape index (κ1) is 18.6. The van der Waals surface area contributed by atoms with Gasteiger partial charge in [-0.05, 0) is 36.8 Å². The van der Waals surface area contributed by atoms with Crippen LogP contribution in [0.1, 0.15) is 30.7 Å². The van der Waals surface area contributed by atoms with Gasteiger partial charge < -0.3 is 10.1 Å². The lowest BCUT2D eigenvalue weighted by atomic mass is 9.90. The van der Waals surface area contributed by atoms with Gasteiger partial charge in [0.1, 0.15) is 4.90 Å². The minimum atomic E-state index is -3.48. The molecular weight excluding hydrogens is 308 g/mol. The van der Waals surface area contributed by atoms with Crippen molar-refractivity contribution in [1.29, 1.82) is 0 Å². The van der Waals surface area contributed by atoms with Crippen molar-refractivity contribution in [1.82, 2.24) is 10.0 Å². The molecule has 0 saturated heterocycles. The zero-order chi connectivity index (χ0) is 16.1. The second kappa shape index (κ2) is 7.69. The van der Waals surface area contributed by atoms with Gasteiger partial charge in [0, 0.05) is 31.7 Å². The maximum atomic E-state index is 12.6. The fraction of sp³-hybridized carbons (Fsp3) is 0.714. The van der Waals surface area contributed by atoms with Gasteiger partial charge in [-0.2, -0.15) is 0 Å². The molecule has 122 valence electrons. The van der Waals surface area contributed by atoms with Crippen LogP contribution in [0.3, 0.4) is 0 Å². The standard InChI is InChI=1S/C14H26N2O3S2/c1-11-9-20-12(8-15-4)13(11)21(17,18)16-10-14(2,3)6-7-19-5/h9,15-16H,6-8,10H2,1-5H3. The zero-order valence-corrected chi connectivity index (χ0v) is 15.1. The highest BCUT2D eigenvalue weighted by Crippen LogP contribution is 2.27.